The number of likely N-dealkylation sites (N-methyl/N-ethyl adjacent to an activating group) is 1. The van der Waals surface area contributed by atoms with E-state index in [1.165, 1.54) is 5.56 Å². The third kappa shape index (κ3) is 5.48. The summed E-state index contributed by atoms with van der Waals surface area (Å²) in [4.78, 5) is 24.6. The van der Waals surface area contributed by atoms with Crippen LogP contribution in [-0.4, -0.2) is 38.0 Å². The van der Waals surface area contributed by atoms with Crippen molar-refractivity contribution < 1.29 is 14.5 Å². The highest BCUT2D eigenvalue weighted by molar-refractivity contribution is 5.91. The molecular weight excluding hydrogens is 278 g/mol. The molecule has 3 N–H and O–H groups in total. The molecule has 22 heavy (non-hydrogen) atoms. The van der Waals surface area contributed by atoms with Gasteiger partial charge in [0.15, 0.2) is 13.1 Å². The molecule has 1 fully saturated rings. The van der Waals surface area contributed by atoms with E-state index < -0.39 is 0 Å². The summed E-state index contributed by atoms with van der Waals surface area (Å²) in [6, 6.07) is 8.26. The van der Waals surface area contributed by atoms with Crippen LogP contribution in [-0.2, 0) is 9.59 Å². The predicted octanol–water partition coefficient (Wildman–Crippen LogP) is 0.542. The van der Waals surface area contributed by atoms with Gasteiger partial charge in [-0.3, -0.25) is 9.59 Å². The highest BCUT2D eigenvalue weighted by atomic mass is 16.2. The van der Waals surface area contributed by atoms with Crippen LogP contribution in [0.5, 0.6) is 0 Å². The van der Waals surface area contributed by atoms with Crippen molar-refractivity contribution in [2.45, 2.75) is 38.6 Å². The van der Waals surface area contributed by atoms with Gasteiger partial charge < -0.3 is 15.5 Å². The van der Waals surface area contributed by atoms with Crippen LogP contribution in [0.1, 0.15) is 38.2 Å². The molecule has 1 saturated carbocycles. The first kappa shape index (κ1) is 16.5. The van der Waals surface area contributed by atoms with Crippen molar-refractivity contribution >= 4 is 17.5 Å². The molecule has 0 radical (unpaired) electrons. The monoisotopic (exact) mass is 304 g/mol. The van der Waals surface area contributed by atoms with Crippen molar-refractivity contribution in [2.75, 3.05) is 25.5 Å². The van der Waals surface area contributed by atoms with Gasteiger partial charge in [0, 0.05) is 11.7 Å². The van der Waals surface area contributed by atoms with E-state index in [2.05, 4.69) is 24.5 Å². The minimum absolute atomic E-state index is 0.0223. The molecule has 5 nitrogen and oxygen atoms in total. The lowest BCUT2D eigenvalue weighted by molar-refractivity contribution is -0.862. The smallest absolute Gasteiger partial charge is 0.279 e. The Kier molecular flexibility index (Phi) is 5.55. The minimum atomic E-state index is -0.0750. The molecule has 1 unspecified atom stereocenters. The molecule has 0 aromatic heterocycles. The Bertz CT molecular complexity index is 521. The lowest BCUT2D eigenvalue weighted by Gasteiger charge is -2.14. The van der Waals surface area contributed by atoms with E-state index in [4.69, 9.17) is 0 Å². The van der Waals surface area contributed by atoms with Crippen molar-refractivity contribution in [3.8, 4) is 0 Å². The van der Waals surface area contributed by atoms with Gasteiger partial charge in [0.2, 0.25) is 0 Å². The number of nitrogens with one attached hydrogen (secondary N) is 3. The maximum atomic E-state index is 12.0. The van der Waals surface area contributed by atoms with E-state index in [-0.39, 0.29) is 18.4 Å². The first-order chi connectivity index (χ1) is 10.4. The fraction of sp³-hybridized carbons (Fsp3) is 0.529. The summed E-state index contributed by atoms with van der Waals surface area (Å²) in [5.41, 5.74) is 2.04. The Morgan fingerprint density at radius 3 is 2.27 bits per heavy atom. The van der Waals surface area contributed by atoms with Crippen molar-refractivity contribution in [1.29, 1.82) is 0 Å². The van der Waals surface area contributed by atoms with Gasteiger partial charge in [-0.15, -0.1) is 0 Å². The van der Waals surface area contributed by atoms with E-state index in [0.29, 0.717) is 18.5 Å². The molecule has 1 aromatic rings. The van der Waals surface area contributed by atoms with E-state index in [1.54, 1.807) is 0 Å². The summed E-state index contributed by atoms with van der Waals surface area (Å²) < 4.78 is 0. The Hall–Kier alpha value is -1.88. The molecule has 1 aliphatic rings. The Morgan fingerprint density at radius 1 is 1.14 bits per heavy atom. The normalized spacial score (nSPS) is 15.5. The standard InChI is InChI=1S/C17H25N3O2/c1-12(2)13-4-6-14(7-5-13)18-16(21)10-20(3)11-17(22)19-15-8-9-15/h4-7,12,15H,8-11H2,1-3H3,(H,18,21)(H,19,22)/p+1. The van der Waals surface area contributed by atoms with Gasteiger partial charge in [-0.05, 0) is 36.5 Å². The number of anilines is 1. The molecule has 120 valence electrons. The van der Waals surface area contributed by atoms with Crippen LogP contribution < -0.4 is 15.5 Å². The van der Waals surface area contributed by atoms with E-state index in [0.717, 1.165) is 23.4 Å². The SMILES string of the molecule is CC(C)c1ccc(NC(=O)C[NH+](C)CC(=O)NC2CC2)cc1. The van der Waals surface area contributed by atoms with Gasteiger partial charge in [-0.2, -0.15) is 0 Å². The fourth-order valence-corrected chi connectivity index (χ4v) is 2.27. The lowest BCUT2D eigenvalue weighted by atomic mass is 10.0. The summed E-state index contributed by atoms with van der Waals surface area (Å²) in [5.74, 6) is 0.424. The third-order valence-corrected chi connectivity index (χ3v) is 3.73. The zero-order valence-electron chi connectivity index (χ0n) is 13.6. The maximum Gasteiger partial charge on any atom is 0.279 e. The third-order valence-electron chi connectivity index (χ3n) is 3.73. The molecule has 2 rings (SSSR count). The van der Waals surface area contributed by atoms with Crippen molar-refractivity contribution in [3.63, 3.8) is 0 Å². The second-order valence-electron chi connectivity index (χ2n) is 6.48. The average Bonchev–Trinajstić information content (AvgIpc) is 3.22. The van der Waals surface area contributed by atoms with Crippen LogP contribution in [0.15, 0.2) is 24.3 Å². The second kappa shape index (κ2) is 7.40. The molecule has 2 amide bonds. The zero-order valence-corrected chi connectivity index (χ0v) is 13.6. The van der Waals surface area contributed by atoms with Gasteiger partial charge in [-0.1, -0.05) is 26.0 Å². The Morgan fingerprint density at radius 2 is 1.73 bits per heavy atom. The number of amides is 2. The number of carbonyl (C=O) groups excluding carboxylic acids is 2. The van der Waals surface area contributed by atoms with Crippen LogP contribution in [0, 0.1) is 0 Å². The van der Waals surface area contributed by atoms with E-state index >= 15 is 0 Å². The van der Waals surface area contributed by atoms with Crippen LogP contribution in [0.4, 0.5) is 5.69 Å². The molecule has 1 atom stereocenters. The summed E-state index contributed by atoms with van der Waals surface area (Å²) >= 11 is 0. The number of benzene rings is 1. The topological polar surface area (TPSA) is 62.6 Å². The number of carbonyl (C=O) groups is 2. The largest absolute Gasteiger partial charge is 0.348 e. The van der Waals surface area contributed by atoms with Crippen molar-refractivity contribution in [1.82, 2.24) is 5.32 Å². The summed E-state index contributed by atoms with van der Waals surface area (Å²) in [7, 11) is 1.86. The first-order valence-electron chi connectivity index (χ1n) is 7.94. The van der Waals surface area contributed by atoms with E-state index in [9.17, 15) is 9.59 Å². The van der Waals surface area contributed by atoms with Gasteiger partial charge in [0.05, 0.1) is 7.05 Å². The van der Waals surface area contributed by atoms with Crippen molar-refractivity contribution in [2.24, 2.45) is 0 Å². The number of quaternary nitrogens is 1. The molecule has 0 heterocycles. The van der Waals surface area contributed by atoms with Crippen LogP contribution in [0.25, 0.3) is 0 Å². The highest BCUT2D eigenvalue weighted by Gasteiger charge is 2.24. The van der Waals surface area contributed by atoms with Crippen LogP contribution in [0.2, 0.25) is 0 Å². The Balaban J connectivity index is 1.75. The summed E-state index contributed by atoms with van der Waals surface area (Å²) in [5, 5.41) is 5.81. The molecule has 0 bridgehead atoms. The molecular formula is C17H26N3O2+. The molecule has 1 aliphatic carbocycles. The number of hydrogen-bond acceptors (Lipinski definition) is 2. The fourth-order valence-electron chi connectivity index (χ4n) is 2.27. The molecule has 0 aliphatic heterocycles. The summed E-state index contributed by atoms with van der Waals surface area (Å²) in [6.45, 7) is 4.89. The molecule has 5 heteroatoms. The van der Waals surface area contributed by atoms with Crippen LogP contribution >= 0.6 is 0 Å². The quantitative estimate of drug-likeness (QED) is 0.688. The number of rotatable bonds is 7. The number of hydrogen-bond donors (Lipinski definition) is 3. The van der Waals surface area contributed by atoms with Gasteiger partial charge in [0.1, 0.15) is 0 Å². The molecule has 0 spiro atoms. The predicted molar refractivity (Wildman–Crippen MR) is 86.9 cm³/mol. The second-order valence-corrected chi connectivity index (χ2v) is 6.48. The van der Waals surface area contributed by atoms with Gasteiger partial charge in [0.25, 0.3) is 11.8 Å². The van der Waals surface area contributed by atoms with Gasteiger partial charge >= 0.3 is 0 Å². The average molecular weight is 304 g/mol. The highest BCUT2D eigenvalue weighted by Crippen LogP contribution is 2.18. The van der Waals surface area contributed by atoms with E-state index in [1.807, 2.05) is 31.3 Å². The zero-order chi connectivity index (χ0) is 16.1. The minimum Gasteiger partial charge on any atom is -0.348 e. The van der Waals surface area contributed by atoms with Gasteiger partial charge in [-0.25, -0.2) is 0 Å². The Labute approximate surface area is 132 Å². The lowest BCUT2D eigenvalue weighted by Crippen LogP contribution is -3.11. The molecule has 0 saturated heterocycles. The van der Waals surface area contributed by atoms with Crippen molar-refractivity contribution in [3.05, 3.63) is 29.8 Å². The van der Waals surface area contributed by atoms with Crippen LogP contribution in [0.3, 0.4) is 0 Å². The maximum absolute atomic E-state index is 12.0. The molecule has 1 aromatic carbocycles. The first-order valence-corrected chi connectivity index (χ1v) is 7.94. The summed E-state index contributed by atoms with van der Waals surface area (Å²) in [6.07, 6.45) is 2.16.